The zero-order chi connectivity index (χ0) is 21.2. The van der Waals surface area contributed by atoms with E-state index < -0.39 is 0 Å². The molecule has 0 radical (unpaired) electrons. The molecule has 0 unspecified atom stereocenters. The summed E-state index contributed by atoms with van der Waals surface area (Å²) in [5.74, 6) is 2.14. The van der Waals surface area contributed by atoms with E-state index in [1.165, 1.54) is 17.3 Å². The van der Waals surface area contributed by atoms with Crippen LogP contribution in [0, 0.1) is 0 Å². The molecule has 3 aromatic rings. The van der Waals surface area contributed by atoms with Gasteiger partial charge in [0.2, 0.25) is 5.91 Å². The maximum atomic E-state index is 13.0. The number of nitrogens with zero attached hydrogens (tertiary/aromatic N) is 3. The molecule has 1 fully saturated rings. The number of ether oxygens (including phenoxy) is 2. The minimum Gasteiger partial charge on any atom is -0.486 e. The number of benzene rings is 1. The molecule has 8 heteroatoms. The molecule has 6 nitrogen and oxygen atoms in total. The van der Waals surface area contributed by atoms with E-state index in [0.29, 0.717) is 31.6 Å². The van der Waals surface area contributed by atoms with Gasteiger partial charge >= 0.3 is 0 Å². The number of hydrogen-bond donors (Lipinski definition) is 0. The number of thioether (sulfide) groups is 1. The lowest BCUT2D eigenvalue weighted by Gasteiger charge is -2.22. The fourth-order valence-corrected chi connectivity index (χ4v) is 5.40. The van der Waals surface area contributed by atoms with Gasteiger partial charge in [-0.05, 0) is 60.4 Å². The van der Waals surface area contributed by atoms with Gasteiger partial charge in [-0.3, -0.25) is 4.79 Å². The van der Waals surface area contributed by atoms with E-state index in [0.717, 1.165) is 47.3 Å². The quantitative estimate of drug-likeness (QED) is 0.462. The number of hydrogen-bond acceptors (Lipinski definition) is 6. The van der Waals surface area contributed by atoms with Crippen molar-refractivity contribution < 1.29 is 14.3 Å². The minimum absolute atomic E-state index is 0.185. The SMILES string of the molecule is CCn1c(-c2ccc3c(c2)OCCO3)cnc1SCC(=O)N(Cc1ccsc1)C1CC1. The zero-order valence-corrected chi connectivity index (χ0v) is 19.1. The topological polar surface area (TPSA) is 56.6 Å². The molecule has 1 aliphatic heterocycles. The van der Waals surface area contributed by atoms with Gasteiger partial charge in [0.05, 0.1) is 17.6 Å². The van der Waals surface area contributed by atoms with Crippen molar-refractivity contribution in [2.75, 3.05) is 19.0 Å². The Labute approximate surface area is 190 Å². The van der Waals surface area contributed by atoms with Crippen molar-refractivity contribution in [1.29, 1.82) is 0 Å². The van der Waals surface area contributed by atoms with Crippen LogP contribution < -0.4 is 9.47 Å². The van der Waals surface area contributed by atoms with Crippen LogP contribution in [-0.4, -0.2) is 45.4 Å². The summed E-state index contributed by atoms with van der Waals surface area (Å²) in [5.41, 5.74) is 3.27. The Morgan fingerprint density at radius 1 is 1.26 bits per heavy atom. The van der Waals surface area contributed by atoms with Crippen LogP contribution in [0.3, 0.4) is 0 Å². The second-order valence-corrected chi connectivity index (χ2v) is 9.42. The molecule has 1 aliphatic carbocycles. The molecule has 0 bridgehead atoms. The van der Waals surface area contributed by atoms with Gasteiger partial charge in [0.1, 0.15) is 13.2 Å². The predicted molar refractivity (Wildman–Crippen MR) is 123 cm³/mol. The summed E-state index contributed by atoms with van der Waals surface area (Å²) >= 11 is 3.19. The second kappa shape index (κ2) is 8.96. The highest BCUT2D eigenvalue weighted by molar-refractivity contribution is 7.99. The fourth-order valence-electron chi connectivity index (χ4n) is 3.81. The molecule has 0 N–H and O–H groups in total. The van der Waals surface area contributed by atoms with Crippen molar-refractivity contribution in [1.82, 2.24) is 14.5 Å². The van der Waals surface area contributed by atoms with Gasteiger partial charge in [0.25, 0.3) is 0 Å². The van der Waals surface area contributed by atoms with Crippen molar-refractivity contribution in [3.05, 3.63) is 46.8 Å². The summed E-state index contributed by atoms with van der Waals surface area (Å²) in [6.07, 6.45) is 4.10. The first kappa shape index (κ1) is 20.5. The molecule has 3 heterocycles. The molecule has 1 amide bonds. The van der Waals surface area contributed by atoms with E-state index in [1.54, 1.807) is 11.3 Å². The Kier molecular flexibility index (Phi) is 5.91. The fraction of sp³-hybridized carbons (Fsp3) is 0.391. The molecule has 5 rings (SSSR count). The van der Waals surface area contributed by atoms with Crippen LogP contribution in [0.1, 0.15) is 25.3 Å². The van der Waals surface area contributed by atoms with Crippen molar-refractivity contribution in [3.8, 4) is 22.8 Å². The van der Waals surface area contributed by atoms with E-state index in [4.69, 9.17) is 9.47 Å². The zero-order valence-electron chi connectivity index (χ0n) is 17.5. The van der Waals surface area contributed by atoms with Crippen LogP contribution in [0.25, 0.3) is 11.3 Å². The monoisotopic (exact) mass is 455 g/mol. The first-order valence-electron chi connectivity index (χ1n) is 10.6. The third-order valence-electron chi connectivity index (χ3n) is 5.54. The summed E-state index contributed by atoms with van der Waals surface area (Å²) < 4.78 is 13.5. The summed E-state index contributed by atoms with van der Waals surface area (Å²) in [6.45, 7) is 4.73. The Morgan fingerprint density at radius 2 is 2.10 bits per heavy atom. The molecule has 1 aromatic carbocycles. The molecule has 0 spiro atoms. The standard InChI is InChI=1S/C23H25N3O3S2/c1-2-25-19(17-3-6-20-21(11-17)29-9-8-28-20)12-24-23(25)31-15-22(27)26(18-4-5-18)13-16-7-10-30-14-16/h3,6-7,10-12,14,18H,2,4-5,8-9,13,15H2,1H3. The first-order chi connectivity index (χ1) is 15.2. The third-order valence-corrected chi connectivity index (χ3v) is 7.25. The lowest BCUT2D eigenvalue weighted by Crippen LogP contribution is -2.33. The number of thiophene rings is 1. The average Bonchev–Trinajstić information content (AvgIpc) is 3.34. The van der Waals surface area contributed by atoms with Gasteiger partial charge in [-0.25, -0.2) is 4.98 Å². The average molecular weight is 456 g/mol. The lowest BCUT2D eigenvalue weighted by molar-refractivity contribution is -0.129. The van der Waals surface area contributed by atoms with Crippen LogP contribution in [0.2, 0.25) is 0 Å². The van der Waals surface area contributed by atoms with Gasteiger partial charge in [-0.1, -0.05) is 11.8 Å². The summed E-state index contributed by atoms with van der Waals surface area (Å²) in [7, 11) is 0. The van der Waals surface area contributed by atoms with Gasteiger partial charge < -0.3 is 18.9 Å². The van der Waals surface area contributed by atoms with E-state index in [-0.39, 0.29) is 5.91 Å². The van der Waals surface area contributed by atoms with Crippen molar-refractivity contribution in [2.45, 2.75) is 44.1 Å². The molecule has 2 aromatic heterocycles. The second-order valence-electron chi connectivity index (χ2n) is 7.70. The smallest absolute Gasteiger partial charge is 0.233 e. The molecule has 31 heavy (non-hydrogen) atoms. The highest BCUT2D eigenvalue weighted by Crippen LogP contribution is 2.36. The van der Waals surface area contributed by atoms with Crippen LogP contribution in [0.4, 0.5) is 0 Å². The molecule has 0 atom stereocenters. The summed E-state index contributed by atoms with van der Waals surface area (Å²) in [6, 6.07) is 8.49. The number of imidazole rings is 1. The predicted octanol–water partition coefficient (Wildman–Crippen LogP) is 4.69. The minimum atomic E-state index is 0.185. The molecule has 0 saturated heterocycles. The lowest BCUT2D eigenvalue weighted by atomic mass is 10.1. The van der Waals surface area contributed by atoms with Crippen molar-refractivity contribution in [3.63, 3.8) is 0 Å². The summed E-state index contributed by atoms with van der Waals surface area (Å²) in [4.78, 5) is 19.7. The molecule has 1 saturated carbocycles. The van der Waals surface area contributed by atoms with Gasteiger partial charge in [0.15, 0.2) is 16.7 Å². The summed E-state index contributed by atoms with van der Waals surface area (Å²) in [5, 5.41) is 5.06. The van der Waals surface area contributed by atoms with Gasteiger partial charge in [-0.2, -0.15) is 11.3 Å². The van der Waals surface area contributed by atoms with Crippen LogP contribution >= 0.6 is 23.1 Å². The van der Waals surface area contributed by atoms with E-state index in [1.807, 2.05) is 29.3 Å². The largest absolute Gasteiger partial charge is 0.486 e. The van der Waals surface area contributed by atoms with Gasteiger partial charge in [-0.15, -0.1) is 0 Å². The third kappa shape index (κ3) is 4.45. The Hall–Kier alpha value is -2.45. The number of carbonyl (C=O) groups is 1. The maximum Gasteiger partial charge on any atom is 0.233 e. The molecular weight excluding hydrogens is 430 g/mol. The van der Waals surface area contributed by atoms with Crippen LogP contribution in [-0.2, 0) is 17.9 Å². The molecule has 2 aliphatic rings. The van der Waals surface area contributed by atoms with Crippen molar-refractivity contribution >= 4 is 29.0 Å². The van der Waals surface area contributed by atoms with E-state index in [2.05, 4.69) is 33.3 Å². The Morgan fingerprint density at radius 3 is 2.84 bits per heavy atom. The normalized spacial score (nSPS) is 15.1. The van der Waals surface area contributed by atoms with Crippen LogP contribution in [0.5, 0.6) is 11.5 Å². The molecule has 162 valence electrons. The van der Waals surface area contributed by atoms with E-state index in [9.17, 15) is 4.79 Å². The number of aromatic nitrogens is 2. The molecular formula is C23H25N3O3S2. The maximum absolute atomic E-state index is 13.0. The van der Waals surface area contributed by atoms with Crippen molar-refractivity contribution in [2.24, 2.45) is 0 Å². The van der Waals surface area contributed by atoms with Gasteiger partial charge in [0, 0.05) is 24.7 Å². The highest BCUT2D eigenvalue weighted by Gasteiger charge is 2.32. The Bertz CT molecular complexity index is 1060. The van der Waals surface area contributed by atoms with Crippen LogP contribution in [0.15, 0.2) is 46.4 Å². The number of fused-ring (bicyclic) bond motifs is 1. The van der Waals surface area contributed by atoms with E-state index >= 15 is 0 Å². The number of rotatable bonds is 8. The number of amides is 1. The Balaban J connectivity index is 1.30. The first-order valence-corrected chi connectivity index (χ1v) is 12.5. The highest BCUT2D eigenvalue weighted by atomic mass is 32.2. The number of carbonyl (C=O) groups excluding carboxylic acids is 1.